The maximum Gasteiger partial charge on any atom is 0.253 e. The van der Waals surface area contributed by atoms with E-state index in [1.54, 1.807) is 46.0 Å². The van der Waals surface area contributed by atoms with Crippen LogP contribution in [0.15, 0.2) is 73.2 Å². The van der Waals surface area contributed by atoms with Crippen LogP contribution in [0.1, 0.15) is 40.5 Å². The van der Waals surface area contributed by atoms with Gasteiger partial charge in [0.2, 0.25) is 0 Å². The van der Waals surface area contributed by atoms with Gasteiger partial charge in [0.15, 0.2) is 0 Å². The fraction of sp³-hybridized carbons (Fsp3) is 0.174. The Morgan fingerprint density at radius 2 is 1.83 bits per heavy atom. The summed E-state index contributed by atoms with van der Waals surface area (Å²) in [6.07, 6.45) is 7.72. The van der Waals surface area contributed by atoms with Gasteiger partial charge < -0.3 is 5.32 Å². The van der Waals surface area contributed by atoms with Crippen molar-refractivity contribution in [2.45, 2.75) is 25.3 Å². The van der Waals surface area contributed by atoms with Gasteiger partial charge in [0.25, 0.3) is 5.91 Å². The van der Waals surface area contributed by atoms with Gasteiger partial charge in [-0.05, 0) is 49.6 Å². The number of para-hydroxylation sites is 2. The maximum atomic E-state index is 14.3. The van der Waals surface area contributed by atoms with E-state index < -0.39 is 0 Å². The van der Waals surface area contributed by atoms with Gasteiger partial charge in [0, 0.05) is 23.7 Å². The first kappa shape index (κ1) is 18.3. The van der Waals surface area contributed by atoms with Crippen LogP contribution >= 0.6 is 0 Å². The van der Waals surface area contributed by atoms with Crippen LogP contribution in [-0.4, -0.2) is 25.5 Å². The predicted molar refractivity (Wildman–Crippen MR) is 110 cm³/mol. The summed E-state index contributed by atoms with van der Waals surface area (Å²) >= 11 is 0. The third kappa shape index (κ3) is 3.18. The molecular weight excluding hydrogens is 381 g/mol. The van der Waals surface area contributed by atoms with E-state index in [1.165, 1.54) is 6.07 Å². The molecule has 7 heteroatoms. The third-order valence-electron chi connectivity index (χ3n) is 5.47. The van der Waals surface area contributed by atoms with Crippen molar-refractivity contribution < 1.29 is 9.18 Å². The number of carbonyl (C=O) groups excluding carboxylic acids is 1. The van der Waals surface area contributed by atoms with Crippen LogP contribution in [0.5, 0.6) is 0 Å². The lowest BCUT2D eigenvalue weighted by atomic mass is 9.92. The largest absolute Gasteiger partial charge is 0.345 e. The molecule has 1 aliphatic rings. The van der Waals surface area contributed by atoms with E-state index in [4.69, 9.17) is 0 Å². The van der Waals surface area contributed by atoms with E-state index >= 15 is 0 Å². The Hall–Kier alpha value is -3.74. The molecule has 150 valence electrons. The van der Waals surface area contributed by atoms with E-state index in [-0.39, 0.29) is 17.8 Å². The second kappa shape index (κ2) is 7.59. The fourth-order valence-corrected chi connectivity index (χ4v) is 4.05. The molecule has 6 nitrogen and oxygen atoms in total. The molecule has 1 aliphatic carbocycles. The number of nitrogens with zero attached hydrogens (tertiary/aromatic N) is 4. The minimum absolute atomic E-state index is 0.169. The lowest BCUT2D eigenvalue weighted by Gasteiger charge is -2.24. The van der Waals surface area contributed by atoms with Gasteiger partial charge in [-0.25, -0.2) is 13.8 Å². The zero-order valence-corrected chi connectivity index (χ0v) is 16.2. The molecule has 30 heavy (non-hydrogen) atoms. The Morgan fingerprint density at radius 1 is 1.03 bits per heavy atom. The molecular formula is C23H20FN5O. The Bertz CT molecular complexity index is 1200. The minimum atomic E-state index is -0.317. The highest BCUT2D eigenvalue weighted by Crippen LogP contribution is 2.32. The van der Waals surface area contributed by atoms with Gasteiger partial charge in [-0.1, -0.05) is 24.3 Å². The number of fused-ring (bicyclic) bond motifs is 1. The Balaban J connectivity index is 1.45. The summed E-state index contributed by atoms with van der Waals surface area (Å²) in [6.45, 7) is 0. The molecule has 0 spiro atoms. The van der Waals surface area contributed by atoms with Crippen LogP contribution < -0.4 is 5.32 Å². The number of nitrogens with one attached hydrogen (secondary N) is 1. The first-order chi connectivity index (χ1) is 14.7. The molecule has 2 aromatic heterocycles. The lowest BCUT2D eigenvalue weighted by molar-refractivity contribution is 0.0932. The van der Waals surface area contributed by atoms with Gasteiger partial charge >= 0.3 is 0 Å². The van der Waals surface area contributed by atoms with Crippen molar-refractivity contribution in [2.24, 2.45) is 0 Å². The van der Waals surface area contributed by atoms with E-state index in [2.05, 4.69) is 15.5 Å². The molecule has 1 atom stereocenters. The summed E-state index contributed by atoms with van der Waals surface area (Å²) in [5.41, 5.74) is 3.58. The zero-order chi connectivity index (χ0) is 20.5. The Morgan fingerprint density at radius 3 is 2.63 bits per heavy atom. The van der Waals surface area contributed by atoms with Crippen molar-refractivity contribution in [3.63, 3.8) is 0 Å². The molecule has 0 radical (unpaired) electrons. The fourth-order valence-electron chi connectivity index (χ4n) is 4.05. The molecule has 4 aromatic rings. The second-order valence-corrected chi connectivity index (χ2v) is 7.30. The minimum Gasteiger partial charge on any atom is -0.345 e. The van der Waals surface area contributed by atoms with E-state index in [9.17, 15) is 9.18 Å². The van der Waals surface area contributed by atoms with E-state index in [1.807, 2.05) is 30.5 Å². The van der Waals surface area contributed by atoms with Crippen LogP contribution in [-0.2, 0) is 6.42 Å². The van der Waals surface area contributed by atoms with Crippen LogP contribution in [0.3, 0.4) is 0 Å². The van der Waals surface area contributed by atoms with Crippen LogP contribution in [0.4, 0.5) is 4.39 Å². The zero-order valence-electron chi connectivity index (χ0n) is 16.2. The highest BCUT2D eigenvalue weighted by atomic mass is 19.1. The molecule has 1 amide bonds. The van der Waals surface area contributed by atoms with Crippen molar-refractivity contribution in [1.29, 1.82) is 0 Å². The number of rotatable bonds is 4. The van der Waals surface area contributed by atoms with Crippen molar-refractivity contribution in [1.82, 2.24) is 24.9 Å². The third-order valence-corrected chi connectivity index (χ3v) is 5.47. The summed E-state index contributed by atoms with van der Waals surface area (Å²) in [4.78, 5) is 13.1. The monoisotopic (exact) mass is 401 g/mol. The molecule has 2 aromatic carbocycles. The van der Waals surface area contributed by atoms with Crippen molar-refractivity contribution in [3.05, 3.63) is 95.8 Å². The summed E-state index contributed by atoms with van der Waals surface area (Å²) in [7, 11) is 0. The molecule has 1 unspecified atom stereocenters. The predicted octanol–water partition coefficient (Wildman–Crippen LogP) is 4.00. The summed E-state index contributed by atoms with van der Waals surface area (Å²) in [5, 5.41) is 11.8. The summed E-state index contributed by atoms with van der Waals surface area (Å²) in [5.74, 6) is -0.486. The molecule has 0 saturated carbocycles. The molecule has 5 rings (SSSR count). The summed E-state index contributed by atoms with van der Waals surface area (Å²) in [6, 6.07) is 15.6. The highest BCUT2D eigenvalue weighted by molar-refractivity contribution is 5.98. The Labute approximate surface area is 173 Å². The number of aromatic nitrogens is 4. The Kier molecular flexibility index (Phi) is 4.63. The van der Waals surface area contributed by atoms with E-state index in [0.717, 1.165) is 36.2 Å². The number of halogens is 1. The molecule has 2 heterocycles. The van der Waals surface area contributed by atoms with Gasteiger partial charge in [0.1, 0.15) is 11.5 Å². The molecule has 0 fully saturated rings. The second-order valence-electron chi connectivity index (χ2n) is 7.30. The van der Waals surface area contributed by atoms with Gasteiger partial charge in [0.05, 0.1) is 23.5 Å². The van der Waals surface area contributed by atoms with Gasteiger partial charge in [-0.2, -0.15) is 10.2 Å². The SMILES string of the molecule is O=C(NC1CCCc2c1cnn2-c1ccccc1F)c1ccccc1-n1cccn1. The number of amides is 1. The normalized spacial score (nSPS) is 15.6. The van der Waals surface area contributed by atoms with Crippen molar-refractivity contribution in [2.75, 3.05) is 0 Å². The number of benzene rings is 2. The standard InChI is InChI=1S/C23H20FN5O/c24-18-8-2-4-11-22(18)29-21-12-5-9-19(17(21)15-26-29)27-23(30)16-7-1-3-10-20(16)28-14-6-13-25-28/h1-4,6-8,10-11,13-15,19H,5,9,12H2,(H,27,30). The molecule has 0 bridgehead atoms. The highest BCUT2D eigenvalue weighted by Gasteiger charge is 2.27. The van der Waals surface area contributed by atoms with Crippen molar-refractivity contribution in [3.8, 4) is 11.4 Å². The molecule has 1 N–H and O–H groups in total. The summed E-state index contributed by atoms with van der Waals surface area (Å²) < 4.78 is 17.6. The average Bonchev–Trinajstić information content (AvgIpc) is 3.45. The lowest BCUT2D eigenvalue weighted by Crippen LogP contribution is -2.31. The van der Waals surface area contributed by atoms with Crippen molar-refractivity contribution >= 4 is 5.91 Å². The average molecular weight is 401 g/mol. The van der Waals surface area contributed by atoms with Gasteiger partial charge in [-0.3, -0.25) is 4.79 Å². The smallest absolute Gasteiger partial charge is 0.253 e. The van der Waals surface area contributed by atoms with E-state index in [0.29, 0.717) is 11.3 Å². The molecule has 0 aliphatic heterocycles. The number of hydrogen-bond acceptors (Lipinski definition) is 3. The topological polar surface area (TPSA) is 64.7 Å². The quantitative estimate of drug-likeness (QED) is 0.562. The number of carbonyl (C=O) groups is 1. The van der Waals surface area contributed by atoms with Crippen LogP contribution in [0.25, 0.3) is 11.4 Å². The first-order valence-corrected chi connectivity index (χ1v) is 9.94. The first-order valence-electron chi connectivity index (χ1n) is 9.94. The van der Waals surface area contributed by atoms with Crippen LogP contribution in [0, 0.1) is 5.82 Å². The maximum absolute atomic E-state index is 14.3. The molecule has 0 saturated heterocycles. The van der Waals surface area contributed by atoms with Gasteiger partial charge in [-0.15, -0.1) is 0 Å². The van der Waals surface area contributed by atoms with Crippen LogP contribution in [0.2, 0.25) is 0 Å². The number of hydrogen-bond donors (Lipinski definition) is 1.